The predicted octanol–water partition coefficient (Wildman–Crippen LogP) is 4.70. The summed E-state index contributed by atoms with van der Waals surface area (Å²) in [5, 5.41) is 0. The van der Waals surface area contributed by atoms with Crippen LogP contribution in [0.2, 0.25) is 0 Å². The molecular weight excluding hydrogens is 321 g/mol. The van der Waals surface area contributed by atoms with Crippen molar-refractivity contribution in [2.45, 2.75) is 6.18 Å². The van der Waals surface area contributed by atoms with Crippen LogP contribution >= 0.6 is 15.9 Å². The van der Waals surface area contributed by atoms with Gasteiger partial charge < -0.3 is 0 Å². The third-order valence-electron chi connectivity index (χ3n) is 2.59. The van der Waals surface area contributed by atoms with Crippen LogP contribution in [0, 0.1) is 0 Å². The summed E-state index contributed by atoms with van der Waals surface area (Å²) in [6.07, 6.45) is -4.39. The molecular formula is C14H8BrF3O. The number of hydrogen-bond donors (Lipinski definition) is 0. The van der Waals surface area contributed by atoms with Crippen molar-refractivity contribution < 1.29 is 18.0 Å². The minimum Gasteiger partial charge on any atom is -0.289 e. The zero-order valence-corrected chi connectivity index (χ0v) is 11.1. The molecule has 2 aromatic rings. The zero-order chi connectivity index (χ0) is 14.0. The van der Waals surface area contributed by atoms with Crippen LogP contribution in [0.3, 0.4) is 0 Å². The van der Waals surface area contributed by atoms with Gasteiger partial charge in [-0.25, -0.2) is 0 Å². The average molecular weight is 329 g/mol. The largest absolute Gasteiger partial charge is 0.416 e. The molecule has 0 N–H and O–H groups in total. The Morgan fingerprint density at radius 2 is 1.53 bits per heavy atom. The monoisotopic (exact) mass is 328 g/mol. The molecule has 0 spiro atoms. The standard InChI is InChI=1S/C14H8BrF3O/c15-12-4-2-1-3-11(12)13(19)9-5-7-10(8-6-9)14(16,17)18/h1-8H. The fourth-order valence-electron chi connectivity index (χ4n) is 1.61. The van der Waals surface area contributed by atoms with Gasteiger partial charge in [0.05, 0.1) is 5.56 Å². The molecule has 0 aliphatic heterocycles. The molecule has 0 aromatic heterocycles. The summed E-state index contributed by atoms with van der Waals surface area (Å²) < 4.78 is 37.9. The minimum atomic E-state index is -4.39. The lowest BCUT2D eigenvalue weighted by molar-refractivity contribution is -0.137. The Hall–Kier alpha value is -1.62. The molecule has 0 saturated carbocycles. The molecule has 2 aromatic carbocycles. The van der Waals surface area contributed by atoms with Crippen molar-refractivity contribution in [3.8, 4) is 0 Å². The van der Waals surface area contributed by atoms with E-state index in [1.807, 2.05) is 0 Å². The highest BCUT2D eigenvalue weighted by atomic mass is 79.9. The lowest BCUT2D eigenvalue weighted by Crippen LogP contribution is -2.07. The van der Waals surface area contributed by atoms with Crippen molar-refractivity contribution in [3.63, 3.8) is 0 Å². The highest BCUT2D eigenvalue weighted by molar-refractivity contribution is 9.10. The normalized spacial score (nSPS) is 11.4. The summed E-state index contributed by atoms with van der Waals surface area (Å²) >= 11 is 3.24. The highest BCUT2D eigenvalue weighted by Crippen LogP contribution is 2.29. The molecule has 5 heteroatoms. The number of halogens is 4. The zero-order valence-electron chi connectivity index (χ0n) is 9.54. The number of rotatable bonds is 2. The molecule has 0 fully saturated rings. The Balaban J connectivity index is 2.34. The lowest BCUT2D eigenvalue weighted by Gasteiger charge is -2.08. The molecule has 98 valence electrons. The van der Waals surface area contributed by atoms with Crippen molar-refractivity contribution in [2.75, 3.05) is 0 Å². The topological polar surface area (TPSA) is 17.1 Å². The molecule has 0 unspecified atom stereocenters. The molecule has 1 nitrogen and oxygen atoms in total. The van der Waals surface area contributed by atoms with Crippen molar-refractivity contribution in [1.82, 2.24) is 0 Å². The summed E-state index contributed by atoms with van der Waals surface area (Å²) in [4.78, 5) is 12.1. The van der Waals surface area contributed by atoms with Gasteiger partial charge in [0.2, 0.25) is 0 Å². The van der Waals surface area contributed by atoms with Gasteiger partial charge in [0.1, 0.15) is 0 Å². The first-order valence-electron chi connectivity index (χ1n) is 5.36. The van der Waals surface area contributed by atoms with Gasteiger partial charge in [0, 0.05) is 15.6 Å². The first-order valence-corrected chi connectivity index (χ1v) is 6.15. The van der Waals surface area contributed by atoms with Crippen LogP contribution in [0.15, 0.2) is 53.0 Å². The van der Waals surface area contributed by atoms with Gasteiger partial charge in [-0.05, 0) is 24.3 Å². The second-order valence-electron chi connectivity index (χ2n) is 3.88. The second-order valence-corrected chi connectivity index (χ2v) is 4.74. The van der Waals surface area contributed by atoms with Crippen molar-refractivity contribution in [3.05, 3.63) is 69.7 Å². The van der Waals surface area contributed by atoms with Crippen molar-refractivity contribution in [2.24, 2.45) is 0 Å². The second kappa shape index (κ2) is 5.17. The fourth-order valence-corrected chi connectivity index (χ4v) is 2.08. The van der Waals surface area contributed by atoms with Gasteiger partial charge >= 0.3 is 6.18 Å². The molecule has 0 amide bonds. The summed E-state index contributed by atoms with van der Waals surface area (Å²) in [7, 11) is 0. The van der Waals surface area contributed by atoms with E-state index in [-0.39, 0.29) is 11.3 Å². The first kappa shape index (κ1) is 13.8. The molecule has 19 heavy (non-hydrogen) atoms. The third-order valence-corrected chi connectivity index (χ3v) is 3.28. The van der Waals surface area contributed by atoms with Crippen molar-refractivity contribution in [1.29, 1.82) is 0 Å². The lowest BCUT2D eigenvalue weighted by atomic mass is 10.0. The Kier molecular flexibility index (Phi) is 3.75. The SMILES string of the molecule is O=C(c1ccc(C(F)(F)F)cc1)c1ccccc1Br. The maximum absolute atomic E-state index is 12.4. The molecule has 0 saturated heterocycles. The average Bonchev–Trinajstić information content (AvgIpc) is 2.38. The number of carbonyl (C=O) groups excluding carboxylic acids is 1. The van der Waals surface area contributed by atoms with E-state index in [2.05, 4.69) is 15.9 Å². The van der Waals surface area contributed by atoms with Crippen molar-refractivity contribution >= 4 is 21.7 Å². The fraction of sp³-hybridized carbons (Fsp3) is 0.0714. The van der Waals surface area contributed by atoms with E-state index in [4.69, 9.17) is 0 Å². The molecule has 0 bridgehead atoms. The van der Waals surface area contributed by atoms with E-state index >= 15 is 0 Å². The number of ketones is 1. The van der Waals surface area contributed by atoms with Gasteiger partial charge in [-0.2, -0.15) is 13.2 Å². The van der Waals surface area contributed by atoms with E-state index in [0.29, 0.717) is 10.0 Å². The van der Waals surface area contributed by atoms with Gasteiger partial charge in [-0.3, -0.25) is 4.79 Å². The van der Waals surface area contributed by atoms with E-state index in [0.717, 1.165) is 12.1 Å². The Bertz CT molecular complexity index is 603. The van der Waals surface area contributed by atoms with Gasteiger partial charge in [-0.1, -0.05) is 40.2 Å². The van der Waals surface area contributed by atoms with Gasteiger partial charge in [0.15, 0.2) is 5.78 Å². The molecule has 0 atom stereocenters. The number of benzene rings is 2. The third kappa shape index (κ3) is 3.04. The van der Waals surface area contributed by atoms with Gasteiger partial charge in [-0.15, -0.1) is 0 Å². The summed E-state index contributed by atoms with van der Waals surface area (Å²) in [5.41, 5.74) is -0.127. The number of hydrogen-bond acceptors (Lipinski definition) is 1. The highest BCUT2D eigenvalue weighted by Gasteiger charge is 2.30. The van der Waals surface area contributed by atoms with Crippen LogP contribution in [0.25, 0.3) is 0 Å². The van der Waals surface area contributed by atoms with Crippen LogP contribution in [0.1, 0.15) is 21.5 Å². The molecule has 2 rings (SSSR count). The minimum absolute atomic E-state index is 0.222. The number of carbonyl (C=O) groups is 1. The summed E-state index contributed by atoms with van der Waals surface area (Å²) in [6.45, 7) is 0. The first-order chi connectivity index (χ1) is 8.89. The van der Waals surface area contributed by atoms with Crippen LogP contribution < -0.4 is 0 Å². The van der Waals surface area contributed by atoms with Gasteiger partial charge in [0.25, 0.3) is 0 Å². The molecule has 0 aliphatic carbocycles. The van der Waals surface area contributed by atoms with E-state index in [1.54, 1.807) is 24.3 Å². The maximum atomic E-state index is 12.4. The van der Waals surface area contributed by atoms with E-state index in [9.17, 15) is 18.0 Å². The van der Waals surface area contributed by atoms with E-state index < -0.39 is 11.7 Å². The molecule has 0 heterocycles. The quantitative estimate of drug-likeness (QED) is 0.730. The van der Waals surface area contributed by atoms with Crippen LogP contribution in [-0.2, 0) is 6.18 Å². The maximum Gasteiger partial charge on any atom is 0.416 e. The van der Waals surface area contributed by atoms with Crippen LogP contribution in [0.4, 0.5) is 13.2 Å². The van der Waals surface area contributed by atoms with Crippen LogP contribution in [-0.4, -0.2) is 5.78 Å². The molecule has 0 radical (unpaired) electrons. The van der Waals surface area contributed by atoms with E-state index in [1.165, 1.54) is 12.1 Å². The van der Waals surface area contributed by atoms with Crippen LogP contribution in [0.5, 0.6) is 0 Å². The molecule has 0 aliphatic rings. The predicted molar refractivity (Wildman–Crippen MR) is 69.0 cm³/mol. The summed E-state index contributed by atoms with van der Waals surface area (Å²) in [6, 6.07) is 11.0. The Morgan fingerprint density at radius 3 is 2.05 bits per heavy atom. The smallest absolute Gasteiger partial charge is 0.289 e. The Morgan fingerprint density at radius 1 is 0.947 bits per heavy atom. The number of alkyl halides is 3. The summed E-state index contributed by atoms with van der Waals surface area (Å²) in [5.74, 6) is -0.318. The Labute approximate surface area is 116 Å².